The second-order valence-electron chi connectivity index (χ2n) is 6.14. The Hall–Kier alpha value is -3.28. The molecule has 170 valence electrons. The highest BCUT2D eigenvalue weighted by Gasteiger charge is 2.32. The van der Waals surface area contributed by atoms with E-state index in [9.17, 15) is 26.3 Å². The zero-order valence-electron chi connectivity index (χ0n) is 15.9. The molecular formula is C19H13ClF6N4O2. The molecule has 6 nitrogen and oxygen atoms in total. The van der Waals surface area contributed by atoms with Crippen molar-refractivity contribution in [2.75, 3.05) is 13.2 Å². The number of hydrogen-bond acceptors (Lipinski definition) is 5. The number of alkyl halides is 6. The summed E-state index contributed by atoms with van der Waals surface area (Å²) < 4.78 is 82.6. The summed E-state index contributed by atoms with van der Waals surface area (Å²) in [4.78, 5) is 8.70. The molecule has 0 aliphatic heterocycles. The first-order valence-electron chi connectivity index (χ1n) is 8.78. The van der Waals surface area contributed by atoms with Gasteiger partial charge in [-0.2, -0.15) is 31.4 Å². The lowest BCUT2D eigenvalue weighted by Crippen LogP contribution is -2.10. The van der Waals surface area contributed by atoms with Crippen LogP contribution in [-0.4, -0.2) is 34.2 Å². The Morgan fingerprint density at radius 1 is 1.00 bits per heavy atom. The van der Waals surface area contributed by atoms with E-state index in [0.29, 0.717) is 11.9 Å². The average Bonchev–Trinajstić information content (AvgIpc) is 3.17. The largest absolute Gasteiger partial charge is 0.490 e. The van der Waals surface area contributed by atoms with Crippen LogP contribution in [0, 0.1) is 0 Å². The van der Waals surface area contributed by atoms with E-state index in [0.717, 1.165) is 22.9 Å². The summed E-state index contributed by atoms with van der Waals surface area (Å²) in [5, 5.41) is 7.35. The van der Waals surface area contributed by atoms with Crippen molar-refractivity contribution < 1.29 is 35.9 Å². The molecule has 0 radical (unpaired) electrons. The smallest absolute Gasteiger partial charge is 0.417 e. The Kier molecular flexibility index (Phi) is 6.92. The van der Waals surface area contributed by atoms with Crippen molar-refractivity contribution in [2.45, 2.75) is 12.4 Å². The first-order valence-corrected chi connectivity index (χ1v) is 9.16. The van der Waals surface area contributed by atoms with Crippen LogP contribution in [0.4, 0.5) is 26.3 Å². The molecule has 0 bridgehead atoms. The second-order valence-corrected chi connectivity index (χ2v) is 6.54. The van der Waals surface area contributed by atoms with E-state index in [2.05, 4.69) is 15.2 Å². The number of aromatic nitrogens is 3. The Bertz CT molecular complexity index is 1100. The van der Waals surface area contributed by atoms with Gasteiger partial charge in [-0.15, -0.1) is 0 Å². The van der Waals surface area contributed by atoms with E-state index in [-0.39, 0.29) is 29.8 Å². The average molecular weight is 479 g/mol. The Morgan fingerprint density at radius 3 is 2.44 bits per heavy atom. The molecule has 0 atom stereocenters. The van der Waals surface area contributed by atoms with Crippen LogP contribution in [0.5, 0.6) is 5.75 Å². The van der Waals surface area contributed by atoms with Gasteiger partial charge >= 0.3 is 12.4 Å². The lowest BCUT2D eigenvalue weighted by molar-refractivity contribution is -0.138. The third-order valence-corrected chi connectivity index (χ3v) is 4.16. The summed E-state index contributed by atoms with van der Waals surface area (Å²) in [5.41, 5.74) is -1.53. The second kappa shape index (κ2) is 9.47. The third kappa shape index (κ3) is 5.90. The molecule has 1 aromatic carbocycles. The molecular weight excluding hydrogens is 466 g/mol. The molecule has 3 aromatic rings. The standard InChI is InChI=1S/C19H13ClF6N4O2/c20-16-9-13(19(24,25)26)10-27-17(16)30-14(4-5-28-30)11-29-32-7-6-31-15-3-1-2-12(8-15)18(21,22)23/h1-5,8-11H,6-7H2. The van der Waals surface area contributed by atoms with Gasteiger partial charge in [0.15, 0.2) is 12.4 Å². The molecule has 0 saturated heterocycles. The first kappa shape index (κ1) is 23.4. The van der Waals surface area contributed by atoms with Crippen LogP contribution in [-0.2, 0) is 17.2 Å². The van der Waals surface area contributed by atoms with Crippen molar-refractivity contribution >= 4 is 17.8 Å². The van der Waals surface area contributed by atoms with E-state index < -0.39 is 23.5 Å². The maximum Gasteiger partial charge on any atom is 0.417 e. The zero-order valence-corrected chi connectivity index (χ0v) is 16.6. The maximum atomic E-state index is 12.8. The molecule has 0 saturated carbocycles. The van der Waals surface area contributed by atoms with Gasteiger partial charge in [0, 0.05) is 6.20 Å². The minimum absolute atomic E-state index is 0.0218. The molecule has 0 unspecified atom stereocenters. The van der Waals surface area contributed by atoms with Gasteiger partial charge in [-0.1, -0.05) is 22.8 Å². The highest BCUT2D eigenvalue weighted by Crippen LogP contribution is 2.32. The minimum Gasteiger partial charge on any atom is -0.490 e. The van der Waals surface area contributed by atoms with E-state index in [4.69, 9.17) is 21.2 Å². The van der Waals surface area contributed by atoms with Crippen molar-refractivity contribution in [3.05, 3.63) is 70.6 Å². The highest BCUT2D eigenvalue weighted by molar-refractivity contribution is 6.32. The fourth-order valence-electron chi connectivity index (χ4n) is 2.43. The van der Waals surface area contributed by atoms with Crippen LogP contribution in [0.3, 0.4) is 0 Å². The number of pyridine rings is 1. The van der Waals surface area contributed by atoms with Gasteiger partial charge in [0.25, 0.3) is 0 Å². The summed E-state index contributed by atoms with van der Waals surface area (Å²) in [6.07, 6.45) is -5.87. The molecule has 32 heavy (non-hydrogen) atoms. The SMILES string of the molecule is FC(F)(F)c1cccc(OCCON=Cc2ccnn2-c2ncc(C(F)(F)F)cc2Cl)c1. The van der Waals surface area contributed by atoms with Gasteiger partial charge in [-0.05, 0) is 30.3 Å². The summed E-state index contributed by atoms with van der Waals surface area (Å²) in [5.74, 6) is -0.0208. The van der Waals surface area contributed by atoms with Crippen molar-refractivity contribution in [1.29, 1.82) is 0 Å². The van der Waals surface area contributed by atoms with Crippen molar-refractivity contribution in [2.24, 2.45) is 5.16 Å². The maximum absolute atomic E-state index is 12.8. The summed E-state index contributed by atoms with van der Waals surface area (Å²) in [6, 6.07) is 6.60. The number of rotatable bonds is 7. The third-order valence-electron chi connectivity index (χ3n) is 3.89. The molecule has 2 heterocycles. The van der Waals surface area contributed by atoms with Crippen LogP contribution in [0.15, 0.2) is 53.9 Å². The predicted octanol–water partition coefficient (Wildman–Crippen LogP) is 5.39. The van der Waals surface area contributed by atoms with Gasteiger partial charge in [0.1, 0.15) is 12.4 Å². The zero-order chi connectivity index (χ0) is 23.4. The molecule has 3 rings (SSSR count). The van der Waals surface area contributed by atoms with Crippen LogP contribution in [0.1, 0.15) is 16.8 Å². The van der Waals surface area contributed by atoms with E-state index in [1.807, 2.05) is 0 Å². The van der Waals surface area contributed by atoms with E-state index in [1.165, 1.54) is 30.6 Å². The first-order chi connectivity index (χ1) is 15.1. The van der Waals surface area contributed by atoms with Gasteiger partial charge in [-0.25, -0.2) is 9.67 Å². The van der Waals surface area contributed by atoms with Crippen molar-refractivity contribution in [3.8, 4) is 11.6 Å². The molecule has 0 aliphatic rings. The topological polar surface area (TPSA) is 61.5 Å². The predicted molar refractivity (Wildman–Crippen MR) is 102 cm³/mol. The molecule has 2 aromatic heterocycles. The number of halogens is 7. The van der Waals surface area contributed by atoms with Crippen LogP contribution in [0.25, 0.3) is 5.82 Å². The number of benzene rings is 1. The van der Waals surface area contributed by atoms with Gasteiger partial charge in [0.2, 0.25) is 0 Å². The monoisotopic (exact) mass is 478 g/mol. The van der Waals surface area contributed by atoms with E-state index in [1.54, 1.807) is 0 Å². The number of hydrogen-bond donors (Lipinski definition) is 0. The number of ether oxygens (including phenoxy) is 1. The van der Waals surface area contributed by atoms with Crippen molar-refractivity contribution in [3.63, 3.8) is 0 Å². The van der Waals surface area contributed by atoms with Crippen LogP contribution < -0.4 is 4.74 Å². The molecule has 0 fully saturated rings. The Balaban J connectivity index is 1.57. The lowest BCUT2D eigenvalue weighted by atomic mass is 10.2. The van der Waals surface area contributed by atoms with Crippen molar-refractivity contribution in [1.82, 2.24) is 14.8 Å². The number of nitrogens with zero attached hydrogens (tertiary/aromatic N) is 4. The minimum atomic E-state index is -4.59. The quantitative estimate of drug-likeness (QED) is 0.198. The summed E-state index contributed by atoms with van der Waals surface area (Å²) in [6.45, 7) is -0.162. The fraction of sp³-hybridized carbons (Fsp3) is 0.211. The molecule has 13 heteroatoms. The summed E-state index contributed by atoms with van der Waals surface area (Å²) in [7, 11) is 0. The Morgan fingerprint density at radius 2 is 1.75 bits per heavy atom. The molecule has 0 spiro atoms. The Labute approximate surface area is 182 Å². The highest BCUT2D eigenvalue weighted by atomic mass is 35.5. The summed E-state index contributed by atoms with van der Waals surface area (Å²) >= 11 is 5.91. The van der Waals surface area contributed by atoms with Gasteiger partial charge in [-0.3, -0.25) is 0 Å². The van der Waals surface area contributed by atoms with Gasteiger partial charge < -0.3 is 9.57 Å². The fourth-order valence-corrected chi connectivity index (χ4v) is 2.68. The molecule has 0 amide bonds. The normalized spacial score (nSPS) is 12.3. The molecule has 0 aliphatic carbocycles. The lowest BCUT2D eigenvalue weighted by Gasteiger charge is -2.10. The van der Waals surface area contributed by atoms with Crippen LogP contribution in [0.2, 0.25) is 5.02 Å². The molecule has 0 N–H and O–H groups in total. The number of oxime groups is 1. The van der Waals surface area contributed by atoms with Gasteiger partial charge in [0.05, 0.1) is 34.3 Å². The van der Waals surface area contributed by atoms with E-state index >= 15 is 0 Å². The van der Waals surface area contributed by atoms with Crippen LogP contribution >= 0.6 is 11.6 Å².